The maximum atomic E-state index is 6.06. The van der Waals surface area contributed by atoms with E-state index in [1.165, 1.54) is 10.4 Å². The number of benzene rings is 1. The van der Waals surface area contributed by atoms with Crippen LogP contribution in [0.4, 0.5) is 0 Å². The van der Waals surface area contributed by atoms with Crippen molar-refractivity contribution in [2.75, 3.05) is 6.54 Å². The molecular weight excluding hydrogens is 274 g/mol. The number of hydrogen-bond donors (Lipinski definition) is 1. The van der Waals surface area contributed by atoms with Crippen LogP contribution in [0.25, 0.3) is 0 Å². The predicted molar refractivity (Wildman–Crippen MR) is 85.3 cm³/mol. The van der Waals surface area contributed by atoms with E-state index in [2.05, 4.69) is 41.9 Å². The third kappa shape index (κ3) is 4.98. The van der Waals surface area contributed by atoms with E-state index in [4.69, 9.17) is 11.6 Å². The molecule has 0 bridgehead atoms. The molecular formula is C16H20ClNS. The smallest absolute Gasteiger partial charge is 0.0408 e. The molecule has 1 aromatic carbocycles. The lowest BCUT2D eigenvalue weighted by molar-refractivity contribution is 0.507. The Morgan fingerprint density at radius 2 is 2.11 bits per heavy atom. The molecule has 19 heavy (non-hydrogen) atoms. The third-order valence-corrected chi connectivity index (χ3v) is 4.22. The maximum Gasteiger partial charge on any atom is 0.0408 e. The van der Waals surface area contributed by atoms with Crippen molar-refractivity contribution in [2.24, 2.45) is 0 Å². The molecule has 1 nitrogen and oxygen atoms in total. The summed E-state index contributed by atoms with van der Waals surface area (Å²) in [6.07, 6.45) is 3.28. The van der Waals surface area contributed by atoms with E-state index in [1.54, 1.807) is 0 Å². The van der Waals surface area contributed by atoms with E-state index in [0.29, 0.717) is 6.04 Å². The van der Waals surface area contributed by atoms with Crippen molar-refractivity contribution < 1.29 is 0 Å². The van der Waals surface area contributed by atoms with Crippen LogP contribution in [-0.2, 0) is 12.8 Å². The number of nitrogens with one attached hydrogen (secondary N) is 1. The van der Waals surface area contributed by atoms with Crippen molar-refractivity contribution in [3.63, 3.8) is 0 Å². The molecule has 0 saturated heterocycles. The molecule has 0 aliphatic rings. The van der Waals surface area contributed by atoms with Crippen LogP contribution in [0.1, 0.15) is 23.8 Å². The van der Waals surface area contributed by atoms with Gasteiger partial charge in [0.1, 0.15) is 0 Å². The molecule has 1 unspecified atom stereocenters. The number of rotatable bonds is 7. The molecule has 3 heteroatoms. The van der Waals surface area contributed by atoms with Crippen LogP contribution in [0.3, 0.4) is 0 Å². The molecule has 0 spiro atoms. The summed E-state index contributed by atoms with van der Waals surface area (Å²) in [5.41, 5.74) is 1.30. The van der Waals surface area contributed by atoms with Crippen molar-refractivity contribution >= 4 is 22.9 Å². The molecule has 0 aliphatic heterocycles. The van der Waals surface area contributed by atoms with Crippen LogP contribution >= 0.6 is 22.9 Å². The summed E-state index contributed by atoms with van der Waals surface area (Å²) in [6.45, 7) is 3.27. The van der Waals surface area contributed by atoms with Gasteiger partial charge in [-0.1, -0.05) is 36.7 Å². The topological polar surface area (TPSA) is 12.0 Å². The van der Waals surface area contributed by atoms with Gasteiger partial charge in [0, 0.05) is 15.9 Å². The normalized spacial score (nSPS) is 12.5. The Morgan fingerprint density at radius 1 is 1.21 bits per heavy atom. The Balaban J connectivity index is 2.00. The van der Waals surface area contributed by atoms with Gasteiger partial charge in [-0.3, -0.25) is 0 Å². The first-order chi connectivity index (χ1) is 9.28. The maximum absolute atomic E-state index is 6.06. The number of thiophene rings is 1. The second-order valence-corrected chi connectivity index (χ2v) is 6.24. The average Bonchev–Trinajstić information content (AvgIpc) is 2.89. The number of hydrogen-bond acceptors (Lipinski definition) is 2. The van der Waals surface area contributed by atoms with E-state index in [1.807, 2.05) is 23.5 Å². The summed E-state index contributed by atoms with van der Waals surface area (Å²) in [5, 5.41) is 6.61. The zero-order valence-electron chi connectivity index (χ0n) is 11.2. The first-order valence-electron chi connectivity index (χ1n) is 6.78. The molecule has 1 N–H and O–H groups in total. The van der Waals surface area contributed by atoms with Gasteiger partial charge >= 0.3 is 0 Å². The third-order valence-electron chi connectivity index (χ3n) is 3.08. The Bertz CT molecular complexity index is 481. The summed E-state index contributed by atoms with van der Waals surface area (Å²) in [4.78, 5) is 1.44. The van der Waals surface area contributed by atoms with E-state index < -0.39 is 0 Å². The molecule has 2 rings (SSSR count). The highest BCUT2D eigenvalue weighted by Gasteiger charge is 2.10. The van der Waals surface area contributed by atoms with Gasteiger partial charge < -0.3 is 5.32 Å². The zero-order chi connectivity index (χ0) is 13.5. The largest absolute Gasteiger partial charge is 0.313 e. The van der Waals surface area contributed by atoms with Gasteiger partial charge in [0.15, 0.2) is 0 Å². The molecule has 0 amide bonds. The highest BCUT2D eigenvalue weighted by Crippen LogP contribution is 2.16. The molecule has 0 fully saturated rings. The fourth-order valence-corrected chi connectivity index (χ4v) is 3.18. The van der Waals surface area contributed by atoms with E-state index >= 15 is 0 Å². The van der Waals surface area contributed by atoms with E-state index in [-0.39, 0.29) is 0 Å². The van der Waals surface area contributed by atoms with Gasteiger partial charge in [0.2, 0.25) is 0 Å². The first-order valence-corrected chi connectivity index (χ1v) is 8.04. The van der Waals surface area contributed by atoms with Gasteiger partial charge in [-0.25, -0.2) is 0 Å². The fourth-order valence-electron chi connectivity index (χ4n) is 2.19. The SMILES string of the molecule is CCCNC(Cc1cccc(Cl)c1)Cc1cccs1. The van der Waals surface area contributed by atoms with Gasteiger partial charge in [-0.05, 0) is 54.9 Å². The fraction of sp³-hybridized carbons (Fsp3) is 0.375. The molecule has 1 aromatic heterocycles. The minimum Gasteiger partial charge on any atom is -0.313 e. The molecule has 2 aromatic rings. The summed E-state index contributed by atoms with van der Waals surface area (Å²) in [7, 11) is 0. The van der Waals surface area contributed by atoms with Gasteiger partial charge in [0.05, 0.1) is 0 Å². The predicted octanol–water partition coefficient (Wildman–Crippen LogP) is 4.55. The molecule has 1 heterocycles. The summed E-state index contributed by atoms with van der Waals surface area (Å²) in [5.74, 6) is 0. The van der Waals surface area contributed by atoms with Crippen LogP contribution in [0.15, 0.2) is 41.8 Å². The highest BCUT2D eigenvalue weighted by molar-refractivity contribution is 7.09. The Morgan fingerprint density at radius 3 is 2.79 bits per heavy atom. The van der Waals surface area contributed by atoms with Crippen LogP contribution in [0.2, 0.25) is 5.02 Å². The minimum absolute atomic E-state index is 0.483. The summed E-state index contributed by atoms with van der Waals surface area (Å²) >= 11 is 7.89. The Kier molecular flexibility index (Phi) is 5.90. The molecule has 0 radical (unpaired) electrons. The quantitative estimate of drug-likeness (QED) is 0.789. The van der Waals surface area contributed by atoms with Crippen molar-refractivity contribution in [3.8, 4) is 0 Å². The van der Waals surface area contributed by atoms with Crippen LogP contribution < -0.4 is 5.32 Å². The molecule has 1 atom stereocenters. The van der Waals surface area contributed by atoms with Crippen molar-refractivity contribution in [1.29, 1.82) is 0 Å². The molecule has 0 saturated carbocycles. The average molecular weight is 294 g/mol. The Labute approximate surface area is 124 Å². The van der Waals surface area contributed by atoms with Crippen LogP contribution in [-0.4, -0.2) is 12.6 Å². The monoisotopic (exact) mass is 293 g/mol. The lowest BCUT2D eigenvalue weighted by Crippen LogP contribution is -2.33. The van der Waals surface area contributed by atoms with E-state index in [9.17, 15) is 0 Å². The van der Waals surface area contributed by atoms with Crippen molar-refractivity contribution in [1.82, 2.24) is 5.32 Å². The van der Waals surface area contributed by atoms with Crippen molar-refractivity contribution in [2.45, 2.75) is 32.2 Å². The number of halogens is 1. The van der Waals surface area contributed by atoms with Gasteiger partial charge in [-0.2, -0.15) is 0 Å². The first kappa shape index (κ1) is 14.6. The summed E-state index contributed by atoms with van der Waals surface area (Å²) in [6, 6.07) is 13.0. The molecule has 0 aliphatic carbocycles. The zero-order valence-corrected chi connectivity index (χ0v) is 12.8. The lowest BCUT2D eigenvalue weighted by atomic mass is 10.0. The highest BCUT2D eigenvalue weighted by atomic mass is 35.5. The van der Waals surface area contributed by atoms with E-state index in [0.717, 1.165) is 30.8 Å². The van der Waals surface area contributed by atoms with Crippen LogP contribution in [0, 0.1) is 0 Å². The molecule has 102 valence electrons. The van der Waals surface area contributed by atoms with Crippen molar-refractivity contribution in [3.05, 3.63) is 57.2 Å². The standard InChI is InChI=1S/C16H20ClNS/c1-2-8-18-15(12-16-7-4-9-19-16)11-13-5-3-6-14(17)10-13/h3-7,9-10,15,18H,2,8,11-12H2,1H3. The van der Waals surface area contributed by atoms with Gasteiger partial charge in [-0.15, -0.1) is 11.3 Å². The van der Waals surface area contributed by atoms with Crippen LogP contribution in [0.5, 0.6) is 0 Å². The summed E-state index contributed by atoms with van der Waals surface area (Å²) < 4.78 is 0. The minimum atomic E-state index is 0.483. The lowest BCUT2D eigenvalue weighted by Gasteiger charge is -2.18. The second-order valence-electron chi connectivity index (χ2n) is 4.77. The second kappa shape index (κ2) is 7.68. The van der Waals surface area contributed by atoms with Gasteiger partial charge in [0.25, 0.3) is 0 Å². The Hall–Kier alpha value is -0.830.